The number of anilines is 1. The molecule has 4 N–H and O–H groups in total. The second kappa shape index (κ2) is 12.0. The molecule has 0 saturated carbocycles. The average molecular weight is 524 g/mol. The highest BCUT2D eigenvalue weighted by Crippen LogP contribution is 2.20. The van der Waals surface area contributed by atoms with Gasteiger partial charge in [-0.3, -0.25) is 19.0 Å². The molecular formula is C26H30ClN7O3. The zero-order chi connectivity index (χ0) is 26.4. The highest BCUT2D eigenvalue weighted by molar-refractivity contribution is 6.34. The number of hydrogen-bond acceptors (Lipinski definition) is 6. The van der Waals surface area contributed by atoms with Gasteiger partial charge in [-0.1, -0.05) is 23.7 Å². The standard InChI is InChI=1S/C26H30ClN7O3/c1-32-13-15-33(16-14-32)12-4-11-29-26(37)23-22(24(28)35)30-17-34(23)19-9-7-18(8-10-19)31-25(36)20-5-2-3-6-21(20)27/h2-3,5-10,17H,4,11-16H2,1H3,(H2,28,35)(H,29,37)(H,31,36). The molecule has 0 radical (unpaired) electrons. The molecule has 1 aromatic heterocycles. The summed E-state index contributed by atoms with van der Waals surface area (Å²) >= 11 is 6.10. The number of aromatic nitrogens is 2. The van der Waals surface area contributed by atoms with E-state index in [1.807, 2.05) is 0 Å². The number of likely N-dealkylation sites (N-methyl/N-ethyl adjacent to an activating group) is 1. The zero-order valence-corrected chi connectivity index (χ0v) is 21.4. The zero-order valence-electron chi connectivity index (χ0n) is 20.6. The van der Waals surface area contributed by atoms with Crippen molar-refractivity contribution in [2.45, 2.75) is 6.42 Å². The predicted molar refractivity (Wildman–Crippen MR) is 142 cm³/mol. The first-order valence-corrected chi connectivity index (χ1v) is 12.4. The number of rotatable bonds is 9. The van der Waals surface area contributed by atoms with Crippen molar-refractivity contribution in [2.24, 2.45) is 5.73 Å². The van der Waals surface area contributed by atoms with E-state index in [2.05, 4.69) is 32.5 Å². The van der Waals surface area contributed by atoms with Gasteiger partial charge in [0.25, 0.3) is 17.7 Å². The summed E-state index contributed by atoms with van der Waals surface area (Å²) in [6.45, 7) is 5.45. The summed E-state index contributed by atoms with van der Waals surface area (Å²) in [5.74, 6) is -1.56. The first-order chi connectivity index (χ1) is 17.8. The van der Waals surface area contributed by atoms with Gasteiger partial charge in [0.2, 0.25) is 0 Å². The van der Waals surface area contributed by atoms with Crippen molar-refractivity contribution in [3.8, 4) is 5.69 Å². The smallest absolute Gasteiger partial charge is 0.270 e. The van der Waals surface area contributed by atoms with Gasteiger partial charge >= 0.3 is 0 Å². The summed E-state index contributed by atoms with van der Waals surface area (Å²) in [5.41, 5.74) is 6.94. The van der Waals surface area contributed by atoms with Gasteiger partial charge in [0, 0.05) is 44.1 Å². The molecule has 0 unspecified atom stereocenters. The third-order valence-electron chi connectivity index (χ3n) is 6.27. The molecule has 194 valence electrons. The molecule has 10 nitrogen and oxygen atoms in total. The summed E-state index contributed by atoms with van der Waals surface area (Å²) in [4.78, 5) is 46.3. The normalized spacial score (nSPS) is 14.3. The lowest BCUT2D eigenvalue weighted by atomic mass is 10.2. The average Bonchev–Trinajstić information content (AvgIpc) is 3.34. The number of carbonyl (C=O) groups is 3. The van der Waals surface area contributed by atoms with Crippen LogP contribution in [0, 0.1) is 0 Å². The van der Waals surface area contributed by atoms with Gasteiger partial charge in [0.05, 0.1) is 10.6 Å². The summed E-state index contributed by atoms with van der Waals surface area (Å²) in [7, 11) is 2.11. The Morgan fingerprint density at radius 2 is 1.70 bits per heavy atom. The Labute approximate surface area is 220 Å². The molecule has 11 heteroatoms. The molecule has 3 amide bonds. The molecule has 37 heavy (non-hydrogen) atoms. The highest BCUT2D eigenvalue weighted by atomic mass is 35.5. The van der Waals surface area contributed by atoms with Gasteiger partial charge in [0.15, 0.2) is 5.69 Å². The van der Waals surface area contributed by atoms with Crippen molar-refractivity contribution in [3.05, 3.63) is 76.8 Å². The van der Waals surface area contributed by atoms with Gasteiger partial charge < -0.3 is 26.2 Å². The van der Waals surface area contributed by atoms with Crippen molar-refractivity contribution in [2.75, 3.05) is 51.6 Å². The van der Waals surface area contributed by atoms with Crippen LogP contribution in [0.3, 0.4) is 0 Å². The van der Waals surface area contributed by atoms with Crippen molar-refractivity contribution in [1.29, 1.82) is 0 Å². The fourth-order valence-electron chi connectivity index (χ4n) is 4.15. The van der Waals surface area contributed by atoms with Gasteiger partial charge in [-0.05, 0) is 56.4 Å². The minimum Gasteiger partial charge on any atom is -0.364 e. The molecule has 0 aliphatic carbocycles. The summed E-state index contributed by atoms with van der Waals surface area (Å²) in [6.07, 6.45) is 2.17. The number of primary amides is 1. The minimum atomic E-state index is -0.787. The van der Waals surface area contributed by atoms with E-state index < -0.39 is 11.8 Å². The number of nitrogens with zero attached hydrogens (tertiary/aromatic N) is 4. The number of halogens is 1. The Kier molecular flexibility index (Phi) is 8.54. The van der Waals surface area contributed by atoms with E-state index in [4.69, 9.17) is 17.3 Å². The number of benzene rings is 2. The molecule has 1 aliphatic rings. The van der Waals surface area contributed by atoms with Gasteiger partial charge in [-0.15, -0.1) is 0 Å². The lowest BCUT2D eigenvalue weighted by Crippen LogP contribution is -2.45. The monoisotopic (exact) mass is 523 g/mol. The van der Waals surface area contributed by atoms with Gasteiger partial charge in [0.1, 0.15) is 12.0 Å². The molecule has 1 fully saturated rings. The van der Waals surface area contributed by atoms with Crippen molar-refractivity contribution in [3.63, 3.8) is 0 Å². The first-order valence-electron chi connectivity index (χ1n) is 12.1. The molecule has 1 saturated heterocycles. The number of hydrogen-bond donors (Lipinski definition) is 3. The van der Waals surface area contributed by atoms with Crippen LogP contribution in [0.5, 0.6) is 0 Å². The summed E-state index contributed by atoms with van der Waals surface area (Å²) in [6, 6.07) is 13.6. The Hall–Kier alpha value is -3.73. The molecule has 1 aliphatic heterocycles. The topological polar surface area (TPSA) is 126 Å². The third kappa shape index (κ3) is 6.53. The quantitative estimate of drug-likeness (QED) is 0.369. The Morgan fingerprint density at radius 1 is 1.00 bits per heavy atom. The largest absolute Gasteiger partial charge is 0.364 e. The van der Waals surface area contributed by atoms with Crippen molar-refractivity contribution in [1.82, 2.24) is 24.7 Å². The molecule has 2 aromatic carbocycles. The summed E-state index contributed by atoms with van der Waals surface area (Å²) in [5, 5.41) is 6.03. The molecule has 2 heterocycles. The Balaban J connectivity index is 1.42. The molecule has 0 bridgehead atoms. The first kappa shape index (κ1) is 26.3. The van der Waals surface area contributed by atoms with E-state index in [0.717, 1.165) is 39.1 Å². The van der Waals surface area contributed by atoms with Crippen molar-refractivity contribution >= 4 is 35.0 Å². The Morgan fingerprint density at radius 3 is 2.38 bits per heavy atom. The van der Waals surface area contributed by atoms with E-state index in [0.29, 0.717) is 28.5 Å². The van der Waals surface area contributed by atoms with E-state index in [1.165, 1.54) is 10.9 Å². The fraction of sp³-hybridized carbons (Fsp3) is 0.308. The maximum absolute atomic E-state index is 13.1. The van der Waals surface area contributed by atoms with E-state index >= 15 is 0 Å². The van der Waals surface area contributed by atoms with Crippen LogP contribution in [-0.2, 0) is 0 Å². The summed E-state index contributed by atoms with van der Waals surface area (Å²) < 4.78 is 1.51. The number of imidazole rings is 1. The molecular weight excluding hydrogens is 494 g/mol. The SMILES string of the molecule is CN1CCN(CCCNC(=O)c2c(C(N)=O)ncn2-c2ccc(NC(=O)c3ccccc3Cl)cc2)CC1. The maximum Gasteiger partial charge on any atom is 0.270 e. The molecule has 0 atom stereocenters. The highest BCUT2D eigenvalue weighted by Gasteiger charge is 2.23. The van der Waals surface area contributed by atoms with Crippen LogP contribution in [-0.4, -0.2) is 83.4 Å². The number of nitrogens with two attached hydrogens (primary N) is 1. The lowest BCUT2D eigenvalue weighted by molar-refractivity contribution is 0.0925. The van der Waals surface area contributed by atoms with Crippen LogP contribution in [0.2, 0.25) is 5.02 Å². The molecule has 0 spiro atoms. The van der Waals surface area contributed by atoms with E-state index in [9.17, 15) is 14.4 Å². The Bertz CT molecular complexity index is 1270. The minimum absolute atomic E-state index is 0.0694. The predicted octanol–water partition coefficient (Wildman–Crippen LogP) is 2.24. The van der Waals surface area contributed by atoms with Gasteiger partial charge in [-0.2, -0.15) is 0 Å². The molecule has 3 aromatic rings. The molecule has 4 rings (SSSR count). The van der Waals surface area contributed by atoms with E-state index in [1.54, 1.807) is 48.5 Å². The second-order valence-electron chi connectivity index (χ2n) is 8.91. The van der Waals surface area contributed by atoms with Crippen LogP contribution in [0.25, 0.3) is 5.69 Å². The van der Waals surface area contributed by atoms with E-state index in [-0.39, 0.29) is 17.3 Å². The van der Waals surface area contributed by atoms with Crippen LogP contribution in [0.15, 0.2) is 54.9 Å². The second-order valence-corrected chi connectivity index (χ2v) is 9.32. The van der Waals surface area contributed by atoms with Crippen LogP contribution in [0.1, 0.15) is 37.8 Å². The fourth-order valence-corrected chi connectivity index (χ4v) is 4.37. The maximum atomic E-state index is 13.1. The van der Waals surface area contributed by atoms with Crippen LogP contribution < -0.4 is 16.4 Å². The van der Waals surface area contributed by atoms with Crippen LogP contribution in [0.4, 0.5) is 5.69 Å². The van der Waals surface area contributed by atoms with Gasteiger partial charge in [-0.25, -0.2) is 4.98 Å². The lowest BCUT2D eigenvalue weighted by Gasteiger charge is -2.32. The number of nitrogens with one attached hydrogen (secondary N) is 2. The number of carbonyl (C=O) groups excluding carboxylic acids is 3. The number of piperazine rings is 1. The number of amides is 3. The van der Waals surface area contributed by atoms with Crippen molar-refractivity contribution < 1.29 is 14.4 Å². The third-order valence-corrected chi connectivity index (χ3v) is 6.60. The van der Waals surface area contributed by atoms with Crippen LogP contribution >= 0.6 is 11.6 Å².